The summed E-state index contributed by atoms with van der Waals surface area (Å²) in [5.41, 5.74) is 3.46. The molecular weight excluding hydrogens is 420 g/mol. The summed E-state index contributed by atoms with van der Waals surface area (Å²) in [6.45, 7) is 2.98. The van der Waals surface area contributed by atoms with Crippen LogP contribution in [0.15, 0.2) is 23.3 Å². The van der Waals surface area contributed by atoms with Crippen LogP contribution in [0.25, 0.3) is 0 Å². The molecule has 2 aliphatic carbocycles. The predicted octanol–water partition coefficient (Wildman–Crippen LogP) is 2.85. The molecule has 2 aromatic rings. The normalized spacial score (nSPS) is 22.9. The summed E-state index contributed by atoms with van der Waals surface area (Å²) in [7, 11) is 1.62. The van der Waals surface area contributed by atoms with Crippen molar-refractivity contribution < 1.29 is 14.3 Å². The van der Waals surface area contributed by atoms with E-state index in [2.05, 4.69) is 31.3 Å². The number of pyridine rings is 1. The summed E-state index contributed by atoms with van der Waals surface area (Å²) in [5.74, 6) is 1.09. The van der Waals surface area contributed by atoms with E-state index in [9.17, 15) is 4.79 Å². The highest BCUT2D eigenvalue weighted by molar-refractivity contribution is 6.04. The van der Waals surface area contributed by atoms with Gasteiger partial charge in [0.15, 0.2) is 0 Å². The zero-order valence-electron chi connectivity index (χ0n) is 19.2. The molecule has 33 heavy (non-hydrogen) atoms. The van der Waals surface area contributed by atoms with Crippen LogP contribution in [-0.4, -0.2) is 57.4 Å². The number of carbonyl (C=O) groups excluding carboxylic acids is 1. The third-order valence-corrected chi connectivity index (χ3v) is 6.50. The maximum atomic E-state index is 12.7. The quantitative estimate of drug-likeness (QED) is 0.658. The Balaban J connectivity index is 1.31. The summed E-state index contributed by atoms with van der Waals surface area (Å²) < 4.78 is 11.0. The number of nitrogens with zero attached hydrogens (tertiary/aromatic N) is 5. The van der Waals surface area contributed by atoms with Crippen molar-refractivity contribution >= 4 is 11.6 Å². The molecule has 1 aliphatic heterocycles. The molecule has 174 valence electrons. The Bertz CT molecular complexity index is 1050. The molecule has 1 amide bonds. The van der Waals surface area contributed by atoms with Gasteiger partial charge < -0.3 is 14.8 Å². The Hall–Kier alpha value is -2.94. The Labute approximate surface area is 193 Å². The highest BCUT2D eigenvalue weighted by Crippen LogP contribution is 2.38. The molecule has 3 heterocycles. The fraction of sp³-hybridized carbons (Fsp3) is 0.583. The lowest BCUT2D eigenvalue weighted by atomic mass is 9.78. The second-order valence-corrected chi connectivity index (χ2v) is 9.18. The first-order valence-corrected chi connectivity index (χ1v) is 11.8. The highest BCUT2D eigenvalue weighted by Gasteiger charge is 2.32. The molecule has 0 bridgehead atoms. The van der Waals surface area contributed by atoms with Crippen LogP contribution in [0.3, 0.4) is 0 Å². The molecule has 5 rings (SSSR count). The molecule has 2 saturated carbocycles. The van der Waals surface area contributed by atoms with E-state index in [1.54, 1.807) is 7.11 Å². The molecule has 9 nitrogen and oxygen atoms in total. The number of nitrogens with one attached hydrogen (secondary N) is 1. The van der Waals surface area contributed by atoms with Gasteiger partial charge >= 0.3 is 6.01 Å². The van der Waals surface area contributed by atoms with Crippen molar-refractivity contribution in [3.63, 3.8) is 0 Å². The van der Waals surface area contributed by atoms with E-state index in [4.69, 9.17) is 14.5 Å². The van der Waals surface area contributed by atoms with Crippen LogP contribution < -0.4 is 10.1 Å². The van der Waals surface area contributed by atoms with Gasteiger partial charge in [0, 0.05) is 42.5 Å². The minimum Gasteiger partial charge on any atom is -0.458 e. The van der Waals surface area contributed by atoms with Crippen molar-refractivity contribution in [1.29, 1.82) is 0 Å². The number of fused-ring (bicyclic) bond motifs is 1. The minimum absolute atomic E-state index is 0.133. The van der Waals surface area contributed by atoms with Gasteiger partial charge in [0.25, 0.3) is 5.91 Å². The van der Waals surface area contributed by atoms with Crippen molar-refractivity contribution in [2.24, 2.45) is 10.9 Å². The summed E-state index contributed by atoms with van der Waals surface area (Å²) in [6.07, 6.45) is 7.48. The molecule has 3 aliphatic rings. The van der Waals surface area contributed by atoms with E-state index in [1.807, 2.05) is 19.2 Å². The lowest BCUT2D eigenvalue weighted by molar-refractivity contribution is 0.0833. The molecule has 0 unspecified atom stereocenters. The first-order chi connectivity index (χ1) is 16.1. The first-order valence-electron chi connectivity index (χ1n) is 11.8. The number of carbonyl (C=O) groups is 1. The average Bonchev–Trinajstić information content (AvgIpc) is 3.54. The van der Waals surface area contributed by atoms with E-state index >= 15 is 0 Å². The number of amides is 1. The number of hydrogen-bond acceptors (Lipinski definition) is 8. The molecule has 2 aromatic heterocycles. The van der Waals surface area contributed by atoms with E-state index in [-0.39, 0.29) is 35.8 Å². The standard InChI is InChI=1S/C24H30N6O3/c1-14(13-32-2)33-24-29-21(28-22(30-24)23(31)27-17-9-10-17)16-7-5-15(6-8-16)20-18-4-3-11-25-19(18)12-26-20/h3-4,11,14-17H,5-10,12-13H2,1-2H3,(H,27,31)/t14-,15?,16?/m1/s1. The lowest BCUT2D eigenvalue weighted by Crippen LogP contribution is -2.29. The fourth-order valence-corrected chi connectivity index (χ4v) is 4.65. The Morgan fingerprint density at radius 3 is 2.67 bits per heavy atom. The van der Waals surface area contributed by atoms with Crippen LogP contribution >= 0.6 is 0 Å². The topological polar surface area (TPSA) is 111 Å². The third kappa shape index (κ3) is 5.03. The van der Waals surface area contributed by atoms with Crippen molar-refractivity contribution in [1.82, 2.24) is 25.3 Å². The van der Waals surface area contributed by atoms with Gasteiger partial charge in [-0.05, 0) is 57.6 Å². The molecule has 0 aromatic carbocycles. The van der Waals surface area contributed by atoms with Crippen molar-refractivity contribution in [2.75, 3.05) is 13.7 Å². The van der Waals surface area contributed by atoms with Crippen LogP contribution in [0.1, 0.15) is 79.1 Å². The maximum absolute atomic E-state index is 12.7. The monoisotopic (exact) mass is 450 g/mol. The first kappa shape index (κ1) is 21.9. The Morgan fingerprint density at radius 1 is 1.12 bits per heavy atom. The summed E-state index contributed by atoms with van der Waals surface area (Å²) in [6, 6.07) is 4.53. The van der Waals surface area contributed by atoms with Crippen molar-refractivity contribution in [3.8, 4) is 6.01 Å². The number of aromatic nitrogens is 4. The summed E-state index contributed by atoms with van der Waals surface area (Å²) in [4.78, 5) is 35.4. The molecular formula is C24H30N6O3. The summed E-state index contributed by atoms with van der Waals surface area (Å²) >= 11 is 0. The zero-order valence-corrected chi connectivity index (χ0v) is 19.2. The van der Waals surface area contributed by atoms with Crippen LogP contribution in [0, 0.1) is 5.92 Å². The molecule has 1 N–H and O–H groups in total. The molecule has 2 fully saturated rings. The number of ether oxygens (including phenoxy) is 2. The van der Waals surface area contributed by atoms with Crippen LogP contribution in [0.4, 0.5) is 0 Å². The van der Waals surface area contributed by atoms with E-state index < -0.39 is 0 Å². The van der Waals surface area contributed by atoms with Gasteiger partial charge in [-0.15, -0.1) is 0 Å². The van der Waals surface area contributed by atoms with Gasteiger partial charge in [0.2, 0.25) is 5.82 Å². The van der Waals surface area contributed by atoms with Crippen LogP contribution in [-0.2, 0) is 11.3 Å². The van der Waals surface area contributed by atoms with Gasteiger partial charge in [-0.25, -0.2) is 4.98 Å². The Morgan fingerprint density at radius 2 is 1.91 bits per heavy atom. The molecule has 1 atom stereocenters. The number of hydrogen-bond donors (Lipinski definition) is 1. The van der Waals surface area contributed by atoms with E-state index in [1.165, 1.54) is 11.3 Å². The average molecular weight is 451 g/mol. The summed E-state index contributed by atoms with van der Waals surface area (Å²) in [5, 5.41) is 2.97. The number of aliphatic imine (C=N–C) groups is 1. The second-order valence-electron chi connectivity index (χ2n) is 9.18. The second kappa shape index (κ2) is 9.51. The largest absolute Gasteiger partial charge is 0.458 e. The number of rotatable bonds is 8. The van der Waals surface area contributed by atoms with Crippen molar-refractivity contribution in [3.05, 3.63) is 41.2 Å². The zero-order chi connectivity index (χ0) is 22.8. The Kier molecular flexibility index (Phi) is 6.30. The van der Waals surface area contributed by atoms with Crippen molar-refractivity contribution in [2.45, 2.75) is 70.1 Å². The lowest BCUT2D eigenvalue weighted by Gasteiger charge is -2.28. The predicted molar refractivity (Wildman–Crippen MR) is 121 cm³/mol. The SMILES string of the molecule is COC[C@@H](C)Oc1nc(C(=O)NC2CC2)nc(C2CCC(C3=NCc4ncccc43)CC2)n1. The van der Waals surface area contributed by atoms with Gasteiger partial charge in [0.1, 0.15) is 11.9 Å². The van der Waals surface area contributed by atoms with Gasteiger partial charge in [-0.2, -0.15) is 9.97 Å². The highest BCUT2D eigenvalue weighted by atomic mass is 16.5. The van der Waals surface area contributed by atoms with Gasteiger partial charge in [-0.3, -0.25) is 14.8 Å². The maximum Gasteiger partial charge on any atom is 0.320 e. The molecule has 0 saturated heterocycles. The van der Waals surface area contributed by atoms with Crippen LogP contribution in [0.2, 0.25) is 0 Å². The van der Waals surface area contributed by atoms with Gasteiger partial charge in [0.05, 0.1) is 18.8 Å². The minimum atomic E-state index is -0.261. The van der Waals surface area contributed by atoms with Crippen LogP contribution in [0.5, 0.6) is 6.01 Å². The number of methoxy groups -OCH3 is 1. The fourth-order valence-electron chi connectivity index (χ4n) is 4.65. The third-order valence-electron chi connectivity index (χ3n) is 6.50. The van der Waals surface area contributed by atoms with Gasteiger partial charge in [-0.1, -0.05) is 0 Å². The molecule has 0 radical (unpaired) electrons. The van der Waals surface area contributed by atoms with E-state index in [0.717, 1.165) is 44.2 Å². The molecule has 0 spiro atoms. The molecule has 9 heteroatoms. The smallest absolute Gasteiger partial charge is 0.320 e. The van der Waals surface area contributed by atoms with E-state index in [0.29, 0.717) is 24.9 Å².